The van der Waals surface area contributed by atoms with Gasteiger partial charge in [-0.05, 0) is 18.4 Å². The lowest BCUT2D eigenvalue weighted by Gasteiger charge is -2.39. The van der Waals surface area contributed by atoms with E-state index in [4.69, 9.17) is 10.3 Å². The Hall–Kier alpha value is -1.68. The first-order valence-corrected chi connectivity index (χ1v) is 6.44. The first-order valence-electron chi connectivity index (χ1n) is 6.44. The second-order valence-electron chi connectivity index (χ2n) is 4.85. The van der Waals surface area contributed by atoms with Crippen LogP contribution in [0.3, 0.4) is 0 Å². The molecule has 1 aliphatic carbocycles. The monoisotopic (exact) mass is 243 g/mol. The molecule has 0 bridgehead atoms. The average Bonchev–Trinajstić information content (AvgIpc) is 2.79. The molecule has 2 aromatic rings. The number of nitrogens with zero attached hydrogens (tertiary/aromatic N) is 2. The molecule has 4 nitrogen and oxygen atoms in total. The van der Waals surface area contributed by atoms with Crippen LogP contribution in [0.5, 0.6) is 0 Å². The summed E-state index contributed by atoms with van der Waals surface area (Å²) >= 11 is 0. The molecule has 0 radical (unpaired) electrons. The second-order valence-corrected chi connectivity index (χ2v) is 4.85. The molecule has 1 fully saturated rings. The lowest BCUT2D eigenvalue weighted by molar-refractivity contribution is 0.271. The van der Waals surface area contributed by atoms with Crippen LogP contribution in [-0.2, 0) is 11.8 Å². The Morgan fingerprint density at radius 3 is 2.61 bits per heavy atom. The fraction of sp³-hybridized carbons (Fsp3) is 0.429. The van der Waals surface area contributed by atoms with Crippen LogP contribution in [0, 0.1) is 0 Å². The second kappa shape index (κ2) is 4.53. The maximum atomic E-state index is 5.51. The third kappa shape index (κ3) is 1.73. The summed E-state index contributed by atoms with van der Waals surface area (Å²) in [5, 5.41) is 4.16. The lowest BCUT2D eigenvalue weighted by atomic mass is 9.64. The minimum atomic E-state index is -0.0302. The zero-order chi connectivity index (χ0) is 12.4. The zero-order valence-electron chi connectivity index (χ0n) is 10.3. The van der Waals surface area contributed by atoms with Crippen molar-refractivity contribution in [2.75, 3.05) is 6.54 Å². The van der Waals surface area contributed by atoms with Gasteiger partial charge in [0.25, 0.3) is 0 Å². The van der Waals surface area contributed by atoms with Crippen molar-refractivity contribution in [1.82, 2.24) is 10.1 Å². The van der Waals surface area contributed by atoms with E-state index < -0.39 is 0 Å². The molecule has 0 saturated heterocycles. The first-order chi connectivity index (χ1) is 8.85. The van der Waals surface area contributed by atoms with Crippen molar-refractivity contribution in [2.24, 2.45) is 5.73 Å². The summed E-state index contributed by atoms with van der Waals surface area (Å²) in [6.07, 6.45) is 4.06. The van der Waals surface area contributed by atoms with Crippen molar-refractivity contribution >= 4 is 0 Å². The van der Waals surface area contributed by atoms with Crippen molar-refractivity contribution < 1.29 is 4.52 Å². The van der Waals surface area contributed by atoms with Gasteiger partial charge in [-0.1, -0.05) is 41.9 Å². The number of nitrogens with two attached hydrogens (primary N) is 1. The number of rotatable bonds is 4. The van der Waals surface area contributed by atoms with Crippen LogP contribution in [0.15, 0.2) is 34.9 Å². The van der Waals surface area contributed by atoms with Gasteiger partial charge in [0, 0.05) is 13.0 Å². The predicted molar refractivity (Wildman–Crippen MR) is 68.1 cm³/mol. The maximum absolute atomic E-state index is 5.51. The molecule has 94 valence electrons. The van der Waals surface area contributed by atoms with Crippen LogP contribution < -0.4 is 5.73 Å². The number of aromatic nitrogens is 2. The molecule has 0 aliphatic heterocycles. The molecule has 0 amide bonds. The smallest absolute Gasteiger partial charge is 0.227 e. The summed E-state index contributed by atoms with van der Waals surface area (Å²) in [5.41, 5.74) is 6.77. The van der Waals surface area contributed by atoms with Crippen molar-refractivity contribution in [2.45, 2.75) is 31.1 Å². The Balaban J connectivity index is 1.96. The average molecular weight is 243 g/mol. The Kier molecular flexibility index (Phi) is 2.88. The minimum absolute atomic E-state index is 0.0302. The number of benzene rings is 1. The molecule has 0 spiro atoms. The van der Waals surface area contributed by atoms with E-state index in [0.29, 0.717) is 18.9 Å². The van der Waals surface area contributed by atoms with E-state index in [2.05, 4.69) is 34.4 Å². The molecule has 2 N–H and O–H groups in total. The highest BCUT2D eigenvalue weighted by atomic mass is 16.5. The topological polar surface area (TPSA) is 64.9 Å². The predicted octanol–water partition coefficient (Wildman–Crippen LogP) is 2.04. The first kappa shape index (κ1) is 11.4. The van der Waals surface area contributed by atoms with Crippen molar-refractivity contribution in [3.63, 3.8) is 0 Å². The van der Waals surface area contributed by atoms with Gasteiger partial charge in [-0.3, -0.25) is 0 Å². The van der Waals surface area contributed by atoms with Gasteiger partial charge >= 0.3 is 0 Å². The molecule has 1 aromatic carbocycles. The third-order valence-electron chi connectivity index (χ3n) is 3.79. The van der Waals surface area contributed by atoms with E-state index in [1.807, 2.05) is 6.07 Å². The molecule has 1 aromatic heterocycles. The largest absolute Gasteiger partial charge is 0.339 e. The van der Waals surface area contributed by atoms with E-state index in [0.717, 1.165) is 18.7 Å². The molecule has 0 atom stereocenters. The summed E-state index contributed by atoms with van der Waals surface area (Å²) in [6, 6.07) is 10.5. The molecule has 3 rings (SSSR count). The highest BCUT2D eigenvalue weighted by Gasteiger charge is 2.44. The van der Waals surface area contributed by atoms with Crippen LogP contribution in [0.4, 0.5) is 0 Å². The molecule has 1 aliphatic rings. The van der Waals surface area contributed by atoms with Crippen LogP contribution >= 0.6 is 0 Å². The minimum Gasteiger partial charge on any atom is -0.339 e. The standard InChI is InChI=1S/C14H17N3O/c15-10-7-12-16-13(17-18-12)14(8-4-9-14)11-5-2-1-3-6-11/h1-3,5-6H,4,7-10,15H2. The summed E-state index contributed by atoms with van der Waals surface area (Å²) < 4.78 is 5.27. The van der Waals surface area contributed by atoms with Gasteiger partial charge in [0.05, 0.1) is 5.41 Å². The van der Waals surface area contributed by atoms with Crippen LogP contribution in [0.1, 0.15) is 36.5 Å². The van der Waals surface area contributed by atoms with Crippen LogP contribution in [0.25, 0.3) is 0 Å². The Labute approximate surface area is 106 Å². The van der Waals surface area contributed by atoms with E-state index in [1.165, 1.54) is 12.0 Å². The highest BCUT2D eigenvalue weighted by molar-refractivity contribution is 5.35. The van der Waals surface area contributed by atoms with E-state index in [-0.39, 0.29) is 5.41 Å². The normalized spacial score (nSPS) is 17.4. The van der Waals surface area contributed by atoms with Gasteiger partial charge in [-0.25, -0.2) is 0 Å². The zero-order valence-corrected chi connectivity index (χ0v) is 10.3. The fourth-order valence-corrected chi connectivity index (χ4v) is 2.60. The van der Waals surface area contributed by atoms with E-state index in [1.54, 1.807) is 0 Å². The van der Waals surface area contributed by atoms with Crippen molar-refractivity contribution in [3.05, 3.63) is 47.6 Å². The summed E-state index contributed by atoms with van der Waals surface area (Å²) in [7, 11) is 0. The molecule has 4 heteroatoms. The van der Waals surface area contributed by atoms with E-state index >= 15 is 0 Å². The van der Waals surface area contributed by atoms with Gasteiger partial charge in [0.15, 0.2) is 5.82 Å². The van der Waals surface area contributed by atoms with Gasteiger partial charge in [-0.2, -0.15) is 4.98 Å². The highest BCUT2D eigenvalue weighted by Crippen LogP contribution is 2.47. The molecular weight excluding hydrogens is 226 g/mol. The van der Waals surface area contributed by atoms with Gasteiger partial charge in [-0.15, -0.1) is 0 Å². The van der Waals surface area contributed by atoms with Crippen LogP contribution in [0.2, 0.25) is 0 Å². The number of hydrogen-bond acceptors (Lipinski definition) is 4. The summed E-state index contributed by atoms with van der Waals surface area (Å²) in [5.74, 6) is 1.47. The van der Waals surface area contributed by atoms with Gasteiger partial charge in [0.2, 0.25) is 5.89 Å². The molecule has 1 heterocycles. The Morgan fingerprint density at radius 1 is 1.22 bits per heavy atom. The third-order valence-corrected chi connectivity index (χ3v) is 3.79. The van der Waals surface area contributed by atoms with Crippen LogP contribution in [-0.4, -0.2) is 16.7 Å². The van der Waals surface area contributed by atoms with Crippen molar-refractivity contribution in [1.29, 1.82) is 0 Å². The number of hydrogen-bond donors (Lipinski definition) is 1. The lowest BCUT2D eigenvalue weighted by Crippen LogP contribution is -2.36. The Bertz CT molecular complexity index is 517. The maximum Gasteiger partial charge on any atom is 0.227 e. The summed E-state index contributed by atoms with van der Waals surface area (Å²) in [6.45, 7) is 0.542. The SMILES string of the molecule is NCCc1nc(C2(c3ccccc3)CCC2)no1. The summed E-state index contributed by atoms with van der Waals surface area (Å²) in [4.78, 5) is 4.51. The molecule has 0 unspecified atom stereocenters. The van der Waals surface area contributed by atoms with Gasteiger partial charge < -0.3 is 10.3 Å². The van der Waals surface area contributed by atoms with Gasteiger partial charge in [0.1, 0.15) is 0 Å². The quantitative estimate of drug-likeness (QED) is 0.892. The van der Waals surface area contributed by atoms with Crippen molar-refractivity contribution in [3.8, 4) is 0 Å². The Morgan fingerprint density at radius 2 is 2.00 bits per heavy atom. The molecule has 18 heavy (non-hydrogen) atoms. The van der Waals surface area contributed by atoms with E-state index in [9.17, 15) is 0 Å². The molecular formula is C14H17N3O. The molecule has 1 saturated carbocycles. The fourth-order valence-electron chi connectivity index (χ4n) is 2.60.